The molecule has 2 aromatic carbocycles. The van der Waals surface area contributed by atoms with Crippen molar-refractivity contribution in [1.82, 2.24) is 15.2 Å². The minimum Gasteiger partial charge on any atom is -0.488 e. The Hall–Kier alpha value is -2.51. The zero-order chi connectivity index (χ0) is 21.5. The van der Waals surface area contributed by atoms with Gasteiger partial charge in [-0.15, -0.1) is 0 Å². The number of alkyl halides is 1. The minimum absolute atomic E-state index is 0.00453. The van der Waals surface area contributed by atoms with Crippen molar-refractivity contribution in [1.29, 1.82) is 0 Å². The normalized spacial score (nSPS) is 21.8. The molecule has 1 aromatic heterocycles. The Morgan fingerprint density at radius 2 is 1.87 bits per heavy atom. The number of aromatic nitrogens is 1. The molecule has 2 aliphatic heterocycles. The van der Waals surface area contributed by atoms with Crippen LogP contribution in [0.15, 0.2) is 36.4 Å². The third-order valence-corrected chi connectivity index (χ3v) is 6.27. The highest BCUT2D eigenvalue weighted by atomic mass is 19.1. The number of fused-ring (bicyclic) bond motifs is 3. The summed E-state index contributed by atoms with van der Waals surface area (Å²) in [5.41, 5.74) is 2.89. The summed E-state index contributed by atoms with van der Waals surface area (Å²) in [6.45, 7) is 3.65. The number of para-hydroxylation sites is 1. The van der Waals surface area contributed by atoms with Crippen LogP contribution < -0.4 is 10.1 Å². The van der Waals surface area contributed by atoms with Gasteiger partial charge in [-0.05, 0) is 31.4 Å². The van der Waals surface area contributed by atoms with Crippen LogP contribution in [0.2, 0.25) is 0 Å². The molecule has 3 aromatic rings. The first-order chi connectivity index (χ1) is 15.0. The Kier molecular flexibility index (Phi) is 5.40. The van der Waals surface area contributed by atoms with Crippen molar-refractivity contribution in [3.05, 3.63) is 64.9 Å². The molecule has 1 saturated heterocycles. The van der Waals surface area contributed by atoms with Crippen LogP contribution in [-0.4, -0.2) is 48.3 Å². The number of rotatable bonds is 6. The maximum Gasteiger partial charge on any atom is 0.135 e. The molecular weight excluding hydrogens is 403 g/mol. The van der Waals surface area contributed by atoms with E-state index in [0.717, 1.165) is 28.6 Å². The Bertz CT molecular complexity index is 1070. The first-order valence-electron chi connectivity index (χ1n) is 10.8. The first-order valence-corrected chi connectivity index (χ1v) is 10.8. The van der Waals surface area contributed by atoms with Crippen LogP contribution in [0.25, 0.3) is 10.9 Å². The molecule has 0 unspecified atom stereocenters. The molecule has 1 fully saturated rings. The largest absolute Gasteiger partial charge is 0.488 e. The van der Waals surface area contributed by atoms with E-state index in [1.54, 1.807) is 0 Å². The van der Waals surface area contributed by atoms with E-state index in [9.17, 15) is 4.39 Å². The fourth-order valence-electron chi connectivity index (χ4n) is 4.81. The summed E-state index contributed by atoms with van der Waals surface area (Å²) >= 11 is 0. The summed E-state index contributed by atoms with van der Waals surface area (Å²) in [5, 5.41) is 4.45. The standard InChI is InChI=1S/C24H26F3N3O/c1-14-9-18-17-5-2-3-6-21(17)29-23(18)24(28-14)22-19(26)10-15(11-20(22)27)31-16-12-30(13-16)8-4-7-25/h2-3,5-6,10-11,14,16,24,28-29H,4,7-9,12-13H2,1H3/t14-,24-/m1/s1. The number of halogens is 3. The van der Waals surface area contributed by atoms with E-state index in [2.05, 4.69) is 15.2 Å². The van der Waals surface area contributed by atoms with Gasteiger partial charge in [0.1, 0.15) is 23.5 Å². The van der Waals surface area contributed by atoms with Crippen LogP contribution in [0.4, 0.5) is 13.2 Å². The highest BCUT2D eigenvalue weighted by molar-refractivity contribution is 5.85. The molecule has 0 spiro atoms. The summed E-state index contributed by atoms with van der Waals surface area (Å²) in [5.74, 6) is -1.06. The SMILES string of the molecule is C[C@@H]1Cc2c([nH]c3ccccc23)[C@@H](c2c(F)cc(OC3CN(CCCF)C3)cc2F)N1. The number of ether oxygens (including phenoxy) is 1. The average molecular weight is 429 g/mol. The van der Waals surface area contributed by atoms with Crippen molar-refractivity contribution in [3.8, 4) is 5.75 Å². The second kappa shape index (κ2) is 8.20. The van der Waals surface area contributed by atoms with Crippen LogP contribution in [0.1, 0.15) is 36.2 Å². The molecule has 0 saturated carbocycles. The molecular formula is C24H26F3N3O. The molecule has 2 N–H and O–H groups in total. The number of likely N-dealkylation sites (tertiary alicyclic amines) is 1. The molecule has 2 aliphatic rings. The van der Waals surface area contributed by atoms with Gasteiger partial charge in [0, 0.05) is 60.0 Å². The number of aromatic amines is 1. The lowest BCUT2D eigenvalue weighted by atomic mass is 9.90. The maximum atomic E-state index is 15.2. The summed E-state index contributed by atoms with van der Waals surface area (Å²) in [6.07, 6.45) is 1.16. The van der Waals surface area contributed by atoms with Crippen molar-refractivity contribution < 1.29 is 17.9 Å². The van der Waals surface area contributed by atoms with Crippen molar-refractivity contribution in [2.24, 2.45) is 0 Å². The molecule has 0 aliphatic carbocycles. The van der Waals surface area contributed by atoms with Crippen LogP contribution in [0.5, 0.6) is 5.75 Å². The number of nitrogens with zero attached hydrogens (tertiary/aromatic N) is 1. The van der Waals surface area contributed by atoms with Crippen LogP contribution >= 0.6 is 0 Å². The van der Waals surface area contributed by atoms with Crippen LogP contribution in [-0.2, 0) is 6.42 Å². The third kappa shape index (κ3) is 3.81. The van der Waals surface area contributed by atoms with Gasteiger partial charge < -0.3 is 15.0 Å². The molecule has 7 heteroatoms. The molecule has 0 radical (unpaired) electrons. The number of benzene rings is 2. The fraction of sp³-hybridized carbons (Fsp3) is 0.417. The molecule has 2 atom stereocenters. The topological polar surface area (TPSA) is 40.3 Å². The van der Waals surface area contributed by atoms with Gasteiger partial charge in [0.05, 0.1) is 12.7 Å². The highest BCUT2D eigenvalue weighted by Crippen LogP contribution is 2.38. The summed E-state index contributed by atoms with van der Waals surface area (Å²) < 4.78 is 48.3. The van der Waals surface area contributed by atoms with Crippen molar-refractivity contribution >= 4 is 10.9 Å². The van der Waals surface area contributed by atoms with Gasteiger partial charge in [0.2, 0.25) is 0 Å². The quantitative estimate of drug-likeness (QED) is 0.607. The van der Waals surface area contributed by atoms with E-state index in [0.29, 0.717) is 26.1 Å². The van der Waals surface area contributed by atoms with E-state index < -0.39 is 17.7 Å². The lowest BCUT2D eigenvalue weighted by molar-refractivity contribution is 0.0180. The number of H-pyrrole nitrogens is 1. The van der Waals surface area contributed by atoms with Gasteiger partial charge in [-0.1, -0.05) is 18.2 Å². The molecule has 5 rings (SSSR count). The van der Waals surface area contributed by atoms with Gasteiger partial charge in [-0.25, -0.2) is 8.78 Å². The predicted octanol–water partition coefficient (Wildman–Crippen LogP) is 4.49. The second-order valence-corrected chi connectivity index (χ2v) is 8.61. The average Bonchev–Trinajstić information content (AvgIpc) is 3.08. The van der Waals surface area contributed by atoms with Gasteiger partial charge in [-0.3, -0.25) is 9.29 Å². The smallest absolute Gasteiger partial charge is 0.135 e. The zero-order valence-electron chi connectivity index (χ0n) is 17.4. The van der Waals surface area contributed by atoms with Crippen molar-refractivity contribution in [2.45, 2.75) is 38.0 Å². The molecule has 4 nitrogen and oxygen atoms in total. The minimum atomic E-state index is -0.625. The lowest BCUT2D eigenvalue weighted by Gasteiger charge is -2.39. The summed E-state index contributed by atoms with van der Waals surface area (Å²) in [7, 11) is 0. The molecule has 0 bridgehead atoms. The van der Waals surface area contributed by atoms with Gasteiger partial charge in [0.15, 0.2) is 0 Å². The number of hydrogen-bond acceptors (Lipinski definition) is 3. The second-order valence-electron chi connectivity index (χ2n) is 8.61. The molecule has 164 valence electrons. The van der Waals surface area contributed by atoms with Crippen molar-refractivity contribution in [2.75, 3.05) is 26.3 Å². The predicted molar refractivity (Wildman–Crippen MR) is 114 cm³/mol. The van der Waals surface area contributed by atoms with E-state index in [1.165, 1.54) is 12.1 Å². The van der Waals surface area contributed by atoms with E-state index in [4.69, 9.17) is 4.74 Å². The molecule has 3 heterocycles. The third-order valence-electron chi connectivity index (χ3n) is 6.27. The van der Waals surface area contributed by atoms with Crippen LogP contribution in [0, 0.1) is 11.6 Å². The maximum absolute atomic E-state index is 15.2. The Morgan fingerprint density at radius 1 is 1.13 bits per heavy atom. The van der Waals surface area contributed by atoms with E-state index in [1.807, 2.05) is 31.2 Å². The summed E-state index contributed by atoms with van der Waals surface area (Å²) in [6, 6.07) is 9.97. The van der Waals surface area contributed by atoms with Gasteiger partial charge >= 0.3 is 0 Å². The van der Waals surface area contributed by atoms with Crippen molar-refractivity contribution in [3.63, 3.8) is 0 Å². The Balaban J connectivity index is 1.40. The van der Waals surface area contributed by atoms with Gasteiger partial charge in [0.25, 0.3) is 0 Å². The monoisotopic (exact) mass is 429 g/mol. The first kappa shape index (κ1) is 20.4. The fourth-order valence-corrected chi connectivity index (χ4v) is 4.81. The zero-order valence-corrected chi connectivity index (χ0v) is 17.4. The molecule has 0 amide bonds. The Labute approximate surface area is 179 Å². The van der Waals surface area contributed by atoms with E-state index in [-0.39, 0.29) is 30.1 Å². The number of hydrogen-bond donors (Lipinski definition) is 2. The number of nitrogens with one attached hydrogen (secondary N) is 2. The van der Waals surface area contributed by atoms with Crippen LogP contribution in [0.3, 0.4) is 0 Å². The lowest BCUT2D eigenvalue weighted by Crippen LogP contribution is -2.53. The molecule has 31 heavy (non-hydrogen) atoms. The van der Waals surface area contributed by atoms with E-state index >= 15 is 8.78 Å². The summed E-state index contributed by atoms with van der Waals surface area (Å²) in [4.78, 5) is 5.43. The highest BCUT2D eigenvalue weighted by Gasteiger charge is 2.33. The Morgan fingerprint density at radius 3 is 2.61 bits per heavy atom. The van der Waals surface area contributed by atoms with Gasteiger partial charge in [-0.2, -0.15) is 0 Å².